The maximum absolute atomic E-state index is 11.4. The van der Waals surface area contributed by atoms with E-state index in [4.69, 9.17) is 0 Å². The average Bonchev–Trinajstić information content (AvgIpc) is 3.54. The molecule has 1 N–H and O–H groups in total. The monoisotopic (exact) mass is 451 g/mol. The fourth-order valence-electron chi connectivity index (χ4n) is 4.33. The van der Waals surface area contributed by atoms with E-state index in [9.17, 15) is 14.4 Å². The fraction of sp³-hybridized carbons (Fsp3) is 0.885. The second kappa shape index (κ2) is 18.9. The normalized spacial score (nSPS) is 17.8. The predicted octanol–water partition coefficient (Wildman–Crippen LogP) is 5.05. The van der Waals surface area contributed by atoms with Crippen LogP contribution in [-0.4, -0.2) is 60.2 Å². The van der Waals surface area contributed by atoms with Gasteiger partial charge in [-0.25, -0.2) is 0 Å². The van der Waals surface area contributed by atoms with E-state index in [0.717, 1.165) is 71.2 Å². The second-order valence-corrected chi connectivity index (χ2v) is 9.20. The number of rotatable bonds is 12. The van der Waals surface area contributed by atoms with Gasteiger partial charge in [-0.3, -0.25) is 14.4 Å². The fourth-order valence-corrected chi connectivity index (χ4v) is 4.33. The molecule has 3 saturated heterocycles. The van der Waals surface area contributed by atoms with E-state index < -0.39 is 0 Å². The Morgan fingerprint density at radius 3 is 1.53 bits per heavy atom. The Kier molecular flexibility index (Phi) is 16.8. The lowest BCUT2D eigenvalue weighted by Crippen LogP contribution is -2.25. The third-order valence-corrected chi connectivity index (χ3v) is 6.41. The summed E-state index contributed by atoms with van der Waals surface area (Å²) in [4.78, 5) is 36.2. The maximum Gasteiger partial charge on any atom is 0.222 e. The van der Waals surface area contributed by atoms with Crippen LogP contribution in [0.2, 0.25) is 0 Å². The minimum absolute atomic E-state index is 0.204. The zero-order valence-electron chi connectivity index (χ0n) is 21.0. The highest BCUT2D eigenvalue weighted by Crippen LogP contribution is 2.13. The molecule has 0 radical (unpaired) electrons. The zero-order chi connectivity index (χ0) is 23.4. The van der Waals surface area contributed by atoms with Crippen LogP contribution in [-0.2, 0) is 14.4 Å². The van der Waals surface area contributed by atoms with Crippen molar-refractivity contribution >= 4 is 17.7 Å². The molecule has 0 aromatic rings. The summed E-state index contributed by atoms with van der Waals surface area (Å²) in [5.74, 6) is 0.911. The van der Waals surface area contributed by atoms with Crippen molar-refractivity contribution < 1.29 is 14.4 Å². The standard InChI is InChI=1S/C16H31NO.C6H11NO.C4H7NO/c1-2-3-4-5-6-7-8-9-10-11-14-17-15-12-13-16(17)18;1-2-7-5-3-4-6(7)8;6-4-2-1-3-5-4/h2-15H2,1H3;2-5H2,1H3;1-3H2,(H,5,6). The molecule has 6 heteroatoms. The minimum atomic E-state index is 0.204. The Balaban J connectivity index is 0.000000296. The SMILES string of the molecule is CCCCCCCCCCCCN1CCCC1=O.CCN1CCCC1=O.O=C1CCCN1. The van der Waals surface area contributed by atoms with E-state index >= 15 is 0 Å². The summed E-state index contributed by atoms with van der Waals surface area (Å²) in [7, 11) is 0. The first kappa shape index (κ1) is 28.4. The summed E-state index contributed by atoms with van der Waals surface area (Å²) in [5.41, 5.74) is 0. The van der Waals surface area contributed by atoms with Crippen LogP contribution in [0.4, 0.5) is 0 Å². The molecule has 0 bridgehead atoms. The molecule has 3 aliphatic heterocycles. The molecule has 3 fully saturated rings. The van der Waals surface area contributed by atoms with Crippen molar-refractivity contribution in [2.75, 3.05) is 32.7 Å². The number of hydrogen-bond donors (Lipinski definition) is 1. The summed E-state index contributed by atoms with van der Waals surface area (Å²) in [6.07, 6.45) is 19.2. The number of carbonyl (C=O) groups is 3. The van der Waals surface area contributed by atoms with Gasteiger partial charge in [0.15, 0.2) is 0 Å². The summed E-state index contributed by atoms with van der Waals surface area (Å²) in [6.45, 7) is 9.06. The molecule has 0 spiro atoms. The third-order valence-electron chi connectivity index (χ3n) is 6.41. The van der Waals surface area contributed by atoms with Crippen molar-refractivity contribution in [3.05, 3.63) is 0 Å². The van der Waals surface area contributed by atoms with Crippen LogP contribution in [0.3, 0.4) is 0 Å². The predicted molar refractivity (Wildman–Crippen MR) is 131 cm³/mol. The van der Waals surface area contributed by atoms with E-state index in [1.807, 2.05) is 16.7 Å². The van der Waals surface area contributed by atoms with Crippen LogP contribution in [0.25, 0.3) is 0 Å². The highest BCUT2D eigenvalue weighted by molar-refractivity contribution is 5.78. The first-order valence-corrected chi connectivity index (χ1v) is 13.4. The average molecular weight is 452 g/mol. The van der Waals surface area contributed by atoms with Gasteiger partial charge in [0.1, 0.15) is 0 Å². The summed E-state index contributed by atoms with van der Waals surface area (Å²) in [5, 5.41) is 2.68. The van der Waals surface area contributed by atoms with E-state index in [1.54, 1.807) is 0 Å². The van der Waals surface area contributed by atoms with E-state index in [0.29, 0.717) is 11.8 Å². The molecule has 0 saturated carbocycles. The molecular weight excluding hydrogens is 402 g/mol. The van der Waals surface area contributed by atoms with Crippen molar-refractivity contribution in [1.82, 2.24) is 15.1 Å². The summed E-state index contributed by atoms with van der Waals surface area (Å²) >= 11 is 0. The summed E-state index contributed by atoms with van der Waals surface area (Å²) < 4.78 is 0. The zero-order valence-corrected chi connectivity index (χ0v) is 21.0. The van der Waals surface area contributed by atoms with Gasteiger partial charge >= 0.3 is 0 Å². The van der Waals surface area contributed by atoms with Crippen molar-refractivity contribution in [3.63, 3.8) is 0 Å². The first-order chi connectivity index (χ1) is 15.6. The van der Waals surface area contributed by atoms with Crippen molar-refractivity contribution in [2.45, 2.75) is 117 Å². The molecule has 0 atom stereocenters. The number of nitrogens with one attached hydrogen (secondary N) is 1. The quantitative estimate of drug-likeness (QED) is 0.422. The van der Waals surface area contributed by atoms with Crippen LogP contribution >= 0.6 is 0 Å². The highest BCUT2D eigenvalue weighted by Gasteiger charge is 2.19. The molecule has 6 nitrogen and oxygen atoms in total. The van der Waals surface area contributed by atoms with Crippen molar-refractivity contribution in [3.8, 4) is 0 Å². The third kappa shape index (κ3) is 13.7. The van der Waals surface area contributed by atoms with Crippen molar-refractivity contribution in [2.24, 2.45) is 0 Å². The second-order valence-electron chi connectivity index (χ2n) is 9.20. The van der Waals surface area contributed by atoms with Gasteiger partial charge in [0.25, 0.3) is 0 Å². The lowest BCUT2D eigenvalue weighted by molar-refractivity contribution is -0.128. The molecule has 3 rings (SSSR count). The van der Waals surface area contributed by atoms with E-state index in [1.165, 1.54) is 64.2 Å². The number of carbonyl (C=O) groups excluding carboxylic acids is 3. The number of hydrogen-bond acceptors (Lipinski definition) is 3. The number of likely N-dealkylation sites (tertiary alicyclic amines) is 2. The molecule has 0 aromatic heterocycles. The van der Waals surface area contributed by atoms with Gasteiger partial charge in [0, 0.05) is 52.0 Å². The Bertz CT molecular complexity index is 516. The van der Waals surface area contributed by atoms with E-state index in [2.05, 4.69) is 12.2 Å². The maximum atomic E-state index is 11.4. The highest BCUT2D eigenvalue weighted by atomic mass is 16.2. The number of nitrogens with zero attached hydrogens (tertiary/aromatic N) is 2. The van der Waals surface area contributed by atoms with Gasteiger partial charge in [-0.05, 0) is 32.6 Å². The molecule has 0 aromatic carbocycles. The minimum Gasteiger partial charge on any atom is -0.356 e. The van der Waals surface area contributed by atoms with Crippen LogP contribution in [0.1, 0.15) is 117 Å². The van der Waals surface area contributed by atoms with E-state index in [-0.39, 0.29) is 5.91 Å². The van der Waals surface area contributed by atoms with Gasteiger partial charge in [-0.1, -0.05) is 64.7 Å². The molecule has 3 heterocycles. The van der Waals surface area contributed by atoms with Gasteiger partial charge in [0.05, 0.1) is 0 Å². The lowest BCUT2D eigenvalue weighted by Gasteiger charge is -2.14. The van der Waals surface area contributed by atoms with Crippen LogP contribution in [0, 0.1) is 0 Å². The van der Waals surface area contributed by atoms with Crippen molar-refractivity contribution in [1.29, 1.82) is 0 Å². The molecular formula is C26H49N3O3. The Morgan fingerprint density at radius 2 is 1.19 bits per heavy atom. The van der Waals surface area contributed by atoms with Gasteiger partial charge in [0.2, 0.25) is 17.7 Å². The Morgan fingerprint density at radius 1 is 0.656 bits per heavy atom. The van der Waals surface area contributed by atoms with Gasteiger partial charge in [-0.2, -0.15) is 0 Å². The largest absolute Gasteiger partial charge is 0.356 e. The topological polar surface area (TPSA) is 69.7 Å². The molecule has 3 aliphatic rings. The Labute approximate surface area is 196 Å². The smallest absolute Gasteiger partial charge is 0.222 e. The van der Waals surface area contributed by atoms with Crippen LogP contribution in [0.5, 0.6) is 0 Å². The van der Waals surface area contributed by atoms with Gasteiger partial charge < -0.3 is 15.1 Å². The van der Waals surface area contributed by atoms with Gasteiger partial charge in [-0.15, -0.1) is 0 Å². The number of amides is 3. The lowest BCUT2D eigenvalue weighted by atomic mass is 10.1. The molecule has 32 heavy (non-hydrogen) atoms. The van der Waals surface area contributed by atoms with Crippen LogP contribution < -0.4 is 5.32 Å². The number of unbranched alkanes of at least 4 members (excludes halogenated alkanes) is 9. The summed E-state index contributed by atoms with van der Waals surface area (Å²) in [6, 6.07) is 0. The first-order valence-electron chi connectivity index (χ1n) is 13.4. The molecule has 0 aliphatic carbocycles. The van der Waals surface area contributed by atoms with Crippen LogP contribution in [0.15, 0.2) is 0 Å². The Hall–Kier alpha value is -1.59. The molecule has 186 valence electrons. The molecule has 3 amide bonds. The molecule has 0 unspecified atom stereocenters.